The Labute approximate surface area is 108 Å². The Hall–Kier alpha value is -0.910. The van der Waals surface area contributed by atoms with E-state index in [0.29, 0.717) is 5.25 Å². The average molecular weight is 263 g/mol. The highest BCUT2D eigenvalue weighted by Gasteiger charge is 2.26. The van der Waals surface area contributed by atoms with E-state index in [1.807, 2.05) is 18.7 Å². The quantitative estimate of drug-likeness (QED) is 0.905. The number of thioether (sulfide) groups is 1. The third-order valence-corrected chi connectivity index (χ3v) is 5.48. The molecule has 1 aliphatic rings. The topological polar surface area (TPSA) is 51.8 Å². The van der Waals surface area contributed by atoms with E-state index in [9.17, 15) is 0 Å². The molecule has 5 heteroatoms. The monoisotopic (exact) mass is 263 g/mol. The smallest absolute Gasteiger partial charge is 0.134 e. The average Bonchev–Trinajstić information content (AvgIpc) is 2.95. The molecule has 2 unspecified atom stereocenters. The lowest BCUT2D eigenvalue weighted by atomic mass is 10.1. The van der Waals surface area contributed by atoms with Gasteiger partial charge in [0.25, 0.3) is 0 Å². The molecule has 0 bridgehead atoms. The molecule has 1 aromatic heterocycles. The molecule has 1 aliphatic heterocycles. The number of nitrogens with two attached hydrogens (primary N) is 1. The lowest BCUT2D eigenvalue weighted by Gasteiger charge is -2.01. The van der Waals surface area contributed by atoms with Gasteiger partial charge in [0.05, 0.1) is 11.3 Å². The van der Waals surface area contributed by atoms with Crippen molar-refractivity contribution >= 4 is 23.1 Å². The lowest BCUT2D eigenvalue weighted by Crippen LogP contribution is -2.03. The normalized spacial score (nSPS) is 20.2. The first-order valence-electron chi connectivity index (χ1n) is 5.57. The van der Waals surface area contributed by atoms with Crippen molar-refractivity contribution in [2.75, 3.05) is 0 Å². The second kappa shape index (κ2) is 4.40. The molecule has 2 aromatic rings. The molecule has 0 radical (unpaired) electrons. The molecule has 0 saturated heterocycles. The van der Waals surface area contributed by atoms with E-state index in [4.69, 9.17) is 5.73 Å². The zero-order chi connectivity index (χ0) is 11.8. The van der Waals surface area contributed by atoms with Gasteiger partial charge in [0.1, 0.15) is 10.0 Å². The van der Waals surface area contributed by atoms with Crippen molar-refractivity contribution in [2.45, 2.75) is 29.5 Å². The van der Waals surface area contributed by atoms with Crippen LogP contribution in [0.5, 0.6) is 0 Å². The summed E-state index contributed by atoms with van der Waals surface area (Å²) >= 11 is 3.52. The fraction of sp³-hybridized carbons (Fsp3) is 0.333. The lowest BCUT2D eigenvalue weighted by molar-refractivity contribution is 0.779. The first-order chi connectivity index (χ1) is 8.24. The van der Waals surface area contributed by atoms with Gasteiger partial charge in [-0.1, -0.05) is 29.5 Å². The van der Waals surface area contributed by atoms with Gasteiger partial charge in [0.15, 0.2) is 0 Å². The van der Waals surface area contributed by atoms with Crippen LogP contribution in [-0.4, -0.2) is 10.2 Å². The van der Waals surface area contributed by atoms with Crippen LogP contribution >= 0.6 is 23.1 Å². The summed E-state index contributed by atoms with van der Waals surface area (Å²) in [5, 5.41) is 10.9. The molecule has 3 rings (SSSR count). The summed E-state index contributed by atoms with van der Waals surface area (Å²) < 4.78 is 0. The zero-order valence-electron chi connectivity index (χ0n) is 9.46. The van der Waals surface area contributed by atoms with E-state index in [2.05, 4.69) is 34.5 Å². The van der Waals surface area contributed by atoms with Crippen molar-refractivity contribution in [2.24, 2.45) is 5.73 Å². The molecule has 0 spiro atoms. The molecular weight excluding hydrogens is 250 g/mol. The molecule has 17 heavy (non-hydrogen) atoms. The third kappa shape index (κ3) is 2.10. The number of fused-ring (bicyclic) bond motifs is 1. The van der Waals surface area contributed by atoms with Crippen LogP contribution in [0.1, 0.15) is 33.8 Å². The van der Waals surface area contributed by atoms with Crippen LogP contribution < -0.4 is 5.73 Å². The molecule has 0 aliphatic carbocycles. The van der Waals surface area contributed by atoms with Crippen LogP contribution in [-0.2, 0) is 6.42 Å². The summed E-state index contributed by atoms with van der Waals surface area (Å²) in [4.78, 5) is 1.37. The van der Waals surface area contributed by atoms with Crippen LogP contribution in [0.3, 0.4) is 0 Å². The van der Waals surface area contributed by atoms with Gasteiger partial charge in [-0.3, -0.25) is 0 Å². The van der Waals surface area contributed by atoms with E-state index in [0.717, 1.165) is 16.4 Å². The summed E-state index contributed by atoms with van der Waals surface area (Å²) in [5.41, 5.74) is 7.23. The SMILES string of the molecule is CC(N)c1nnc(C2Cc3ccccc3S2)s1. The predicted molar refractivity (Wildman–Crippen MR) is 71.3 cm³/mol. The molecule has 1 aromatic carbocycles. The van der Waals surface area contributed by atoms with Crippen LogP contribution in [0.15, 0.2) is 29.2 Å². The zero-order valence-corrected chi connectivity index (χ0v) is 11.1. The summed E-state index contributed by atoms with van der Waals surface area (Å²) in [7, 11) is 0. The Kier molecular flexibility index (Phi) is 2.90. The van der Waals surface area contributed by atoms with Crippen molar-refractivity contribution in [1.29, 1.82) is 0 Å². The Morgan fingerprint density at radius 3 is 2.88 bits per heavy atom. The van der Waals surface area contributed by atoms with Crippen molar-refractivity contribution in [1.82, 2.24) is 10.2 Å². The Bertz CT molecular complexity index is 511. The minimum Gasteiger partial charge on any atom is -0.322 e. The van der Waals surface area contributed by atoms with Gasteiger partial charge in [-0.2, -0.15) is 0 Å². The fourth-order valence-corrected chi connectivity index (χ4v) is 4.12. The molecule has 2 atom stereocenters. The summed E-state index contributed by atoms with van der Waals surface area (Å²) in [5.74, 6) is 0. The largest absolute Gasteiger partial charge is 0.322 e. The van der Waals surface area contributed by atoms with Gasteiger partial charge in [-0.05, 0) is 25.0 Å². The number of nitrogens with zero attached hydrogens (tertiary/aromatic N) is 2. The van der Waals surface area contributed by atoms with Gasteiger partial charge < -0.3 is 5.73 Å². The van der Waals surface area contributed by atoms with Crippen LogP contribution in [0.25, 0.3) is 0 Å². The van der Waals surface area contributed by atoms with Gasteiger partial charge >= 0.3 is 0 Å². The maximum absolute atomic E-state index is 5.81. The first-order valence-corrected chi connectivity index (χ1v) is 7.27. The minimum atomic E-state index is -0.0185. The van der Waals surface area contributed by atoms with Crippen LogP contribution in [0.2, 0.25) is 0 Å². The van der Waals surface area contributed by atoms with Gasteiger partial charge in [-0.25, -0.2) is 0 Å². The minimum absolute atomic E-state index is 0.0185. The number of aromatic nitrogens is 2. The maximum atomic E-state index is 5.81. The van der Waals surface area contributed by atoms with Crippen LogP contribution in [0, 0.1) is 0 Å². The molecule has 2 heterocycles. The Balaban J connectivity index is 1.84. The molecule has 0 saturated carbocycles. The second-order valence-electron chi connectivity index (χ2n) is 4.19. The van der Waals surface area contributed by atoms with Crippen molar-refractivity contribution in [3.05, 3.63) is 39.8 Å². The molecule has 88 valence electrons. The molecule has 3 nitrogen and oxygen atoms in total. The molecular formula is C12H13N3S2. The van der Waals surface area contributed by atoms with E-state index < -0.39 is 0 Å². The molecule has 0 fully saturated rings. The van der Waals surface area contributed by atoms with Gasteiger partial charge in [0.2, 0.25) is 0 Å². The molecule has 0 amide bonds. The summed E-state index contributed by atoms with van der Waals surface area (Å²) in [6, 6.07) is 8.52. The standard InChI is InChI=1S/C12H13N3S2/c1-7(13)11-14-15-12(17-11)10-6-8-4-2-3-5-9(8)16-10/h2-5,7,10H,6,13H2,1H3. The highest BCUT2D eigenvalue weighted by molar-refractivity contribution is 8.00. The number of hydrogen-bond acceptors (Lipinski definition) is 5. The van der Waals surface area contributed by atoms with Crippen molar-refractivity contribution in [3.63, 3.8) is 0 Å². The summed E-state index contributed by atoms with van der Waals surface area (Å²) in [6.07, 6.45) is 1.05. The number of rotatable bonds is 2. The van der Waals surface area contributed by atoms with Crippen LogP contribution in [0.4, 0.5) is 0 Å². The third-order valence-electron chi connectivity index (χ3n) is 2.77. The Morgan fingerprint density at radius 1 is 1.35 bits per heavy atom. The first kappa shape index (κ1) is 11.2. The predicted octanol–water partition coefficient (Wildman–Crippen LogP) is 2.95. The van der Waals surface area contributed by atoms with Gasteiger partial charge in [-0.15, -0.1) is 22.0 Å². The summed E-state index contributed by atoms with van der Waals surface area (Å²) in [6.45, 7) is 1.95. The molecule has 2 N–H and O–H groups in total. The van der Waals surface area contributed by atoms with Gasteiger partial charge in [0, 0.05) is 4.90 Å². The van der Waals surface area contributed by atoms with E-state index >= 15 is 0 Å². The number of hydrogen-bond donors (Lipinski definition) is 1. The van der Waals surface area contributed by atoms with E-state index in [1.165, 1.54) is 10.5 Å². The number of benzene rings is 1. The fourth-order valence-electron chi connectivity index (χ4n) is 1.88. The van der Waals surface area contributed by atoms with Crippen molar-refractivity contribution < 1.29 is 0 Å². The second-order valence-corrected chi connectivity index (χ2v) is 6.47. The Morgan fingerprint density at radius 2 is 2.18 bits per heavy atom. The van der Waals surface area contributed by atoms with E-state index in [1.54, 1.807) is 11.3 Å². The maximum Gasteiger partial charge on any atom is 0.134 e. The highest BCUT2D eigenvalue weighted by Crippen LogP contribution is 2.46. The highest BCUT2D eigenvalue weighted by atomic mass is 32.2. The van der Waals surface area contributed by atoms with Crippen molar-refractivity contribution in [3.8, 4) is 0 Å². The van der Waals surface area contributed by atoms with E-state index in [-0.39, 0.29) is 6.04 Å².